The van der Waals surface area contributed by atoms with Crippen molar-refractivity contribution in [1.29, 1.82) is 0 Å². The van der Waals surface area contributed by atoms with Crippen LogP contribution in [-0.2, 0) is 13.5 Å². The molecule has 0 radical (unpaired) electrons. The van der Waals surface area contributed by atoms with E-state index in [1.54, 1.807) is 0 Å². The number of anilines is 2. The molecule has 30 heavy (non-hydrogen) atoms. The molecule has 1 heterocycles. The molecule has 4 aromatic carbocycles. The van der Waals surface area contributed by atoms with Gasteiger partial charge in [-0.2, -0.15) is 0 Å². The Morgan fingerprint density at radius 1 is 0.733 bits per heavy atom. The number of aromatic nitrogens is 1. The van der Waals surface area contributed by atoms with Crippen molar-refractivity contribution < 1.29 is 0 Å². The van der Waals surface area contributed by atoms with Crippen molar-refractivity contribution >= 4 is 44.9 Å². The zero-order valence-corrected chi connectivity index (χ0v) is 18.0. The molecule has 0 atom stereocenters. The third-order valence-electron chi connectivity index (χ3n) is 5.66. The second kappa shape index (κ2) is 7.92. The van der Waals surface area contributed by atoms with Gasteiger partial charge in [-0.25, -0.2) is 0 Å². The van der Waals surface area contributed by atoms with Gasteiger partial charge in [0.2, 0.25) is 0 Å². The lowest BCUT2D eigenvalue weighted by Crippen LogP contribution is -1.93. The zero-order chi connectivity index (χ0) is 20.5. The molecule has 2 nitrogen and oxygen atoms in total. The maximum Gasteiger partial charge on any atom is 0.0526 e. The van der Waals surface area contributed by atoms with Crippen molar-refractivity contribution in [3.8, 4) is 0 Å². The van der Waals surface area contributed by atoms with Crippen molar-refractivity contribution in [1.82, 2.24) is 4.57 Å². The third-order valence-corrected chi connectivity index (χ3v) is 6.84. The Morgan fingerprint density at radius 3 is 2.30 bits per heavy atom. The van der Waals surface area contributed by atoms with Crippen LogP contribution in [0.4, 0.5) is 11.4 Å². The highest BCUT2D eigenvalue weighted by atomic mass is 32.2. The van der Waals surface area contributed by atoms with Crippen LogP contribution in [0.15, 0.2) is 101 Å². The topological polar surface area (TPSA) is 17.0 Å². The number of nitrogens with zero attached hydrogens (tertiary/aromatic N) is 1. The van der Waals surface area contributed by atoms with Gasteiger partial charge in [0.25, 0.3) is 0 Å². The molecule has 0 saturated carbocycles. The number of benzene rings is 4. The molecule has 0 spiro atoms. The summed E-state index contributed by atoms with van der Waals surface area (Å²) in [7, 11) is 2.16. The van der Waals surface area contributed by atoms with Gasteiger partial charge in [-0.3, -0.25) is 0 Å². The van der Waals surface area contributed by atoms with Gasteiger partial charge >= 0.3 is 0 Å². The molecule has 0 aliphatic carbocycles. The Balaban J connectivity index is 1.61. The van der Waals surface area contributed by atoms with E-state index < -0.39 is 0 Å². The van der Waals surface area contributed by atoms with Crippen molar-refractivity contribution in [2.24, 2.45) is 7.05 Å². The minimum atomic E-state index is 1.00. The largest absolute Gasteiger partial charge is 0.355 e. The molecule has 0 bridgehead atoms. The van der Waals surface area contributed by atoms with E-state index in [0.29, 0.717) is 0 Å². The highest BCUT2D eigenvalue weighted by molar-refractivity contribution is 7.99. The van der Waals surface area contributed by atoms with E-state index in [2.05, 4.69) is 109 Å². The second-order valence-corrected chi connectivity index (χ2v) is 8.54. The summed E-state index contributed by atoms with van der Waals surface area (Å²) in [6.07, 6.45) is 1.00. The van der Waals surface area contributed by atoms with E-state index in [4.69, 9.17) is 0 Å². The summed E-state index contributed by atoms with van der Waals surface area (Å²) in [5, 5.41) is 6.30. The lowest BCUT2D eigenvalue weighted by atomic mass is 10.0. The number of hydrogen-bond acceptors (Lipinski definition) is 2. The molecule has 1 aromatic heterocycles. The SMILES string of the molecule is CCc1c(Sc2ccccc2Nc2ccccc2)ccc2c1c1ccccc1n2C. The lowest BCUT2D eigenvalue weighted by Gasteiger charge is -2.14. The maximum atomic E-state index is 3.58. The second-order valence-electron chi connectivity index (χ2n) is 7.46. The van der Waals surface area contributed by atoms with Crippen LogP contribution in [0.2, 0.25) is 0 Å². The Hall–Kier alpha value is -3.17. The fourth-order valence-electron chi connectivity index (χ4n) is 4.20. The van der Waals surface area contributed by atoms with Crippen LogP contribution < -0.4 is 5.32 Å². The van der Waals surface area contributed by atoms with Crippen LogP contribution >= 0.6 is 11.8 Å². The summed E-state index contributed by atoms with van der Waals surface area (Å²) >= 11 is 1.85. The van der Waals surface area contributed by atoms with Gasteiger partial charge in [0.05, 0.1) is 5.69 Å². The first-order valence-corrected chi connectivity index (χ1v) is 11.2. The zero-order valence-electron chi connectivity index (χ0n) is 17.2. The quantitative estimate of drug-likeness (QED) is 0.320. The standard InChI is InChI=1S/C27H24N2S/c1-3-20-25(18-17-24-27(20)21-13-7-9-15-23(21)29(24)2)30-26-16-10-8-14-22(26)28-19-11-5-4-6-12-19/h4-18,28H,3H2,1-2H3. The summed E-state index contributed by atoms with van der Waals surface area (Å²) in [5.74, 6) is 0. The van der Waals surface area contributed by atoms with E-state index in [1.807, 2.05) is 17.8 Å². The summed E-state index contributed by atoms with van der Waals surface area (Å²) in [4.78, 5) is 2.55. The molecule has 0 unspecified atom stereocenters. The van der Waals surface area contributed by atoms with E-state index in [-0.39, 0.29) is 0 Å². The van der Waals surface area contributed by atoms with E-state index in [1.165, 1.54) is 37.2 Å². The van der Waals surface area contributed by atoms with Crippen molar-refractivity contribution in [3.05, 3.63) is 96.6 Å². The number of aryl methyl sites for hydroxylation is 2. The van der Waals surface area contributed by atoms with Gasteiger partial charge in [-0.15, -0.1) is 0 Å². The Labute approximate surface area is 181 Å². The molecule has 148 valence electrons. The number of rotatable bonds is 5. The van der Waals surface area contributed by atoms with Crippen LogP contribution in [0.1, 0.15) is 12.5 Å². The molecule has 3 heteroatoms. The fourth-order valence-corrected chi connectivity index (χ4v) is 5.32. The summed E-state index contributed by atoms with van der Waals surface area (Å²) in [5.41, 5.74) is 6.24. The molecule has 5 aromatic rings. The van der Waals surface area contributed by atoms with Crippen molar-refractivity contribution in [2.75, 3.05) is 5.32 Å². The Bertz CT molecular complexity index is 1340. The summed E-state index contributed by atoms with van der Waals surface area (Å²) < 4.78 is 2.31. The van der Waals surface area contributed by atoms with Gasteiger partial charge in [0.1, 0.15) is 0 Å². The Kier molecular flexibility index (Phi) is 4.97. The Morgan fingerprint density at radius 2 is 1.47 bits per heavy atom. The minimum absolute atomic E-state index is 1.00. The monoisotopic (exact) mass is 408 g/mol. The third kappa shape index (κ3) is 3.25. The number of nitrogens with one attached hydrogen (secondary N) is 1. The fraction of sp³-hybridized carbons (Fsp3) is 0.111. The number of fused-ring (bicyclic) bond motifs is 3. The number of para-hydroxylation sites is 3. The van der Waals surface area contributed by atoms with Gasteiger partial charge in [0.15, 0.2) is 0 Å². The molecule has 0 saturated heterocycles. The molecule has 0 aliphatic heterocycles. The predicted octanol–water partition coefficient (Wildman–Crippen LogP) is 7.79. The number of hydrogen-bond donors (Lipinski definition) is 1. The molecular formula is C27H24N2S. The normalized spacial score (nSPS) is 11.3. The van der Waals surface area contributed by atoms with Crippen molar-refractivity contribution in [3.63, 3.8) is 0 Å². The minimum Gasteiger partial charge on any atom is -0.355 e. The summed E-state index contributed by atoms with van der Waals surface area (Å²) in [6.45, 7) is 2.26. The average Bonchev–Trinajstić information content (AvgIpc) is 3.08. The van der Waals surface area contributed by atoms with Crippen LogP contribution in [0.3, 0.4) is 0 Å². The van der Waals surface area contributed by atoms with Gasteiger partial charge < -0.3 is 9.88 Å². The maximum absolute atomic E-state index is 3.58. The first-order valence-electron chi connectivity index (χ1n) is 10.3. The predicted molar refractivity (Wildman–Crippen MR) is 130 cm³/mol. The van der Waals surface area contributed by atoms with Crippen LogP contribution in [0.25, 0.3) is 21.8 Å². The van der Waals surface area contributed by atoms with Crippen LogP contribution in [-0.4, -0.2) is 4.57 Å². The van der Waals surface area contributed by atoms with E-state index in [0.717, 1.165) is 17.8 Å². The highest BCUT2D eigenvalue weighted by Crippen LogP contribution is 2.41. The van der Waals surface area contributed by atoms with Gasteiger partial charge in [-0.05, 0) is 54.4 Å². The van der Waals surface area contributed by atoms with E-state index >= 15 is 0 Å². The summed E-state index contributed by atoms with van der Waals surface area (Å²) in [6, 6.07) is 32.2. The van der Waals surface area contributed by atoms with Crippen molar-refractivity contribution in [2.45, 2.75) is 23.1 Å². The first-order chi connectivity index (χ1) is 14.8. The molecule has 0 aliphatic rings. The molecule has 0 amide bonds. The molecule has 5 rings (SSSR count). The first kappa shape index (κ1) is 18.8. The van der Waals surface area contributed by atoms with Gasteiger partial charge in [0, 0.05) is 44.3 Å². The van der Waals surface area contributed by atoms with Gasteiger partial charge in [-0.1, -0.05) is 67.2 Å². The van der Waals surface area contributed by atoms with E-state index in [9.17, 15) is 0 Å². The van der Waals surface area contributed by atoms with Crippen LogP contribution in [0, 0.1) is 0 Å². The molecule has 1 N–H and O–H groups in total. The van der Waals surface area contributed by atoms with Crippen LogP contribution in [0.5, 0.6) is 0 Å². The average molecular weight is 409 g/mol. The lowest BCUT2D eigenvalue weighted by molar-refractivity contribution is 1.01. The molecular weight excluding hydrogens is 384 g/mol. The smallest absolute Gasteiger partial charge is 0.0526 e. The molecule has 0 fully saturated rings. The highest BCUT2D eigenvalue weighted by Gasteiger charge is 2.15.